The number of rotatable bonds is 9. The zero-order valence-corrected chi connectivity index (χ0v) is 12.8. The van der Waals surface area contributed by atoms with Crippen LogP contribution in [0.2, 0.25) is 0 Å². The van der Waals surface area contributed by atoms with Crippen LogP contribution in [0.4, 0.5) is 0 Å². The van der Waals surface area contributed by atoms with Crippen LogP contribution >= 0.6 is 0 Å². The highest BCUT2D eigenvalue weighted by molar-refractivity contribution is 5.42. The molecule has 20 heavy (non-hydrogen) atoms. The number of nitrogens with one attached hydrogen (secondary N) is 1. The predicted octanol–water partition coefficient (Wildman–Crippen LogP) is 2.28. The van der Waals surface area contributed by atoms with Gasteiger partial charge < -0.3 is 19.7 Å². The van der Waals surface area contributed by atoms with E-state index in [2.05, 4.69) is 23.3 Å². The second-order valence-corrected chi connectivity index (χ2v) is 5.31. The molecule has 0 heterocycles. The molecule has 0 unspecified atom stereocenters. The first-order chi connectivity index (χ1) is 9.74. The third kappa shape index (κ3) is 4.39. The molecule has 112 valence electrons. The van der Waals surface area contributed by atoms with Gasteiger partial charge in [-0.3, -0.25) is 0 Å². The lowest BCUT2D eigenvalue weighted by Crippen LogP contribution is -2.30. The minimum Gasteiger partial charge on any atom is -0.493 e. The van der Waals surface area contributed by atoms with Crippen molar-refractivity contribution in [2.75, 3.05) is 33.9 Å². The van der Waals surface area contributed by atoms with Crippen LogP contribution in [-0.2, 0) is 6.54 Å². The Morgan fingerprint density at radius 3 is 2.75 bits per heavy atom. The first-order valence-electron chi connectivity index (χ1n) is 7.45. The fourth-order valence-electron chi connectivity index (χ4n) is 2.28. The van der Waals surface area contributed by atoms with Crippen LogP contribution in [0.5, 0.6) is 11.5 Å². The molecule has 0 radical (unpaired) electrons. The summed E-state index contributed by atoms with van der Waals surface area (Å²) in [5, 5.41) is 3.48. The summed E-state index contributed by atoms with van der Waals surface area (Å²) in [4.78, 5) is 2.44. The molecule has 2 rings (SSSR count). The van der Waals surface area contributed by atoms with Gasteiger partial charge >= 0.3 is 0 Å². The minimum atomic E-state index is 0.654. The van der Waals surface area contributed by atoms with Crippen molar-refractivity contribution in [3.05, 3.63) is 23.8 Å². The summed E-state index contributed by atoms with van der Waals surface area (Å²) in [6.45, 7) is 5.62. The van der Waals surface area contributed by atoms with Gasteiger partial charge in [0.05, 0.1) is 13.7 Å². The molecule has 4 nitrogen and oxygen atoms in total. The molecule has 0 bridgehead atoms. The van der Waals surface area contributed by atoms with Gasteiger partial charge in [0.15, 0.2) is 11.5 Å². The summed E-state index contributed by atoms with van der Waals surface area (Å²) < 4.78 is 10.9. The smallest absolute Gasteiger partial charge is 0.161 e. The summed E-state index contributed by atoms with van der Waals surface area (Å²) in [6, 6.07) is 6.95. The van der Waals surface area contributed by atoms with Crippen LogP contribution in [-0.4, -0.2) is 44.8 Å². The number of methoxy groups -OCH3 is 1. The molecule has 1 N–H and O–H groups in total. The van der Waals surface area contributed by atoms with Gasteiger partial charge in [0.2, 0.25) is 0 Å². The topological polar surface area (TPSA) is 33.7 Å². The lowest BCUT2D eigenvalue weighted by atomic mass is 10.2. The number of hydrogen-bond donors (Lipinski definition) is 1. The van der Waals surface area contributed by atoms with Crippen LogP contribution < -0.4 is 14.8 Å². The van der Waals surface area contributed by atoms with E-state index in [1.807, 2.05) is 19.1 Å². The van der Waals surface area contributed by atoms with Crippen molar-refractivity contribution in [1.29, 1.82) is 0 Å². The SMILES string of the molecule is CCOc1ccc(CNCCN(C)C2CC2)cc1OC. The van der Waals surface area contributed by atoms with Crippen LogP contribution in [0.15, 0.2) is 18.2 Å². The molecule has 0 spiro atoms. The molecule has 0 atom stereocenters. The average molecular weight is 278 g/mol. The van der Waals surface area contributed by atoms with Crippen LogP contribution in [0.25, 0.3) is 0 Å². The Kier molecular flexibility index (Phi) is 5.68. The monoisotopic (exact) mass is 278 g/mol. The Morgan fingerprint density at radius 1 is 1.30 bits per heavy atom. The molecular weight excluding hydrogens is 252 g/mol. The zero-order chi connectivity index (χ0) is 14.4. The summed E-state index contributed by atoms with van der Waals surface area (Å²) in [5.41, 5.74) is 1.22. The molecule has 1 saturated carbocycles. The van der Waals surface area contributed by atoms with Crippen molar-refractivity contribution >= 4 is 0 Å². The van der Waals surface area contributed by atoms with Crippen molar-refractivity contribution < 1.29 is 9.47 Å². The van der Waals surface area contributed by atoms with E-state index in [4.69, 9.17) is 9.47 Å². The van der Waals surface area contributed by atoms with E-state index in [0.29, 0.717) is 6.61 Å². The predicted molar refractivity (Wildman–Crippen MR) is 81.5 cm³/mol. The van der Waals surface area contributed by atoms with Gasteiger partial charge in [0, 0.05) is 25.7 Å². The quantitative estimate of drug-likeness (QED) is 0.703. The fourth-order valence-corrected chi connectivity index (χ4v) is 2.28. The molecule has 1 aromatic rings. The highest BCUT2D eigenvalue weighted by Crippen LogP contribution is 2.28. The molecular formula is C16H26N2O2. The van der Waals surface area contributed by atoms with Gasteiger partial charge in [-0.15, -0.1) is 0 Å². The Labute approximate surface area is 122 Å². The maximum atomic E-state index is 5.52. The average Bonchev–Trinajstić information content (AvgIpc) is 3.29. The standard InChI is InChI=1S/C16H26N2O2/c1-4-20-15-8-5-13(11-16(15)19-3)12-17-9-10-18(2)14-6-7-14/h5,8,11,14,17H,4,6-7,9-10,12H2,1-3H3. The van der Waals surface area contributed by atoms with Gasteiger partial charge in [0.1, 0.15) is 0 Å². The van der Waals surface area contributed by atoms with Gasteiger partial charge in [-0.25, -0.2) is 0 Å². The molecule has 4 heteroatoms. The number of benzene rings is 1. The van der Waals surface area contributed by atoms with Crippen molar-refractivity contribution in [2.45, 2.75) is 32.4 Å². The maximum absolute atomic E-state index is 5.52. The molecule has 0 aromatic heterocycles. The molecule has 1 aromatic carbocycles. The second kappa shape index (κ2) is 7.50. The Balaban J connectivity index is 1.77. The third-order valence-corrected chi connectivity index (χ3v) is 3.67. The largest absolute Gasteiger partial charge is 0.493 e. The van der Waals surface area contributed by atoms with Gasteiger partial charge in [-0.05, 0) is 44.5 Å². The van der Waals surface area contributed by atoms with E-state index < -0.39 is 0 Å². The number of hydrogen-bond acceptors (Lipinski definition) is 4. The van der Waals surface area contributed by atoms with Crippen molar-refractivity contribution in [2.24, 2.45) is 0 Å². The van der Waals surface area contributed by atoms with Gasteiger partial charge in [-0.1, -0.05) is 6.07 Å². The molecule has 1 aliphatic carbocycles. The third-order valence-electron chi connectivity index (χ3n) is 3.67. The highest BCUT2D eigenvalue weighted by atomic mass is 16.5. The van der Waals surface area contributed by atoms with Gasteiger partial charge in [0.25, 0.3) is 0 Å². The number of likely N-dealkylation sites (N-methyl/N-ethyl adjacent to an activating group) is 1. The van der Waals surface area contributed by atoms with Crippen LogP contribution in [0, 0.1) is 0 Å². The lowest BCUT2D eigenvalue weighted by molar-refractivity contribution is 0.310. The van der Waals surface area contributed by atoms with E-state index in [1.54, 1.807) is 7.11 Å². The van der Waals surface area contributed by atoms with E-state index >= 15 is 0 Å². The van der Waals surface area contributed by atoms with E-state index in [9.17, 15) is 0 Å². The number of nitrogens with zero attached hydrogens (tertiary/aromatic N) is 1. The summed E-state index contributed by atoms with van der Waals surface area (Å²) in [7, 11) is 3.89. The van der Waals surface area contributed by atoms with E-state index in [0.717, 1.165) is 37.2 Å². The summed E-state index contributed by atoms with van der Waals surface area (Å²) >= 11 is 0. The van der Waals surface area contributed by atoms with Crippen LogP contribution in [0.3, 0.4) is 0 Å². The second-order valence-electron chi connectivity index (χ2n) is 5.31. The first kappa shape index (κ1) is 15.1. The normalized spacial score (nSPS) is 14.6. The van der Waals surface area contributed by atoms with Crippen molar-refractivity contribution in [3.8, 4) is 11.5 Å². The molecule has 0 saturated heterocycles. The number of ether oxygens (including phenoxy) is 2. The summed E-state index contributed by atoms with van der Waals surface area (Å²) in [6.07, 6.45) is 2.74. The van der Waals surface area contributed by atoms with Crippen molar-refractivity contribution in [3.63, 3.8) is 0 Å². The van der Waals surface area contributed by atoms with E-state index in [-0.39, 0.29) is 0 Å². The maximum Gasteiger partial charge on any atom is 0.161 e. The lowest BCUT2D eigenvalue weighted by Gasteiger charge is -2.16. The molecule has 0 aliphatic heterocycles. The first-order valence-corrected chi connectivity index (χ1v) is 7.45. The van der Waals surface area contributed by atoms with Gasteiger partial charge in [-0.2, -0.15) is 0 Å². The minimum absolute atomic E-state index is 0.654. The Morgan fingerprint density at radius 2 is 2.10 bits per heavy atom. The zero-order valence-electron chi connectivity index (χ0n) is 12.8. The Bertz CT molecular complexity index is 419. The molecule has 0 amide bonds. The fraction of sp³-hybridized carbons (Fsp3) is 0.625. The molecule has 1 fully saturated rings. The molecule has 1 aliphatic rings. The Hall–Kier alpha value is -1.26. The van der Waals surface area contributed by atoms with Crippen LogP contribution in [0.1, 0.15) is 25.3 Å². The van der Waals surface area contributed by atoms with Crippen molar-refractivity contribution in [1.82, 2.24) is 10.2 Å². The van der Waals surface area contributed by atoms with E-state index in [1.165, 1.54) is 18.4 Å². The highest BCUT2D eigenvalue weighted by Gasteiger charge is 2.25. The summed E-state index contributed by atoms with van der Waals surface area (Å²) in [5.74, 6) is 1.62.